The van der Waals surface area contributed by atoms with Crippen LogP contribution in [0.1, 0.15) is 83.0 Å². The summed E-state index contributed by atoms with van der Waals surface area (Å²) in [5, 5.41) is 25.6. The summed E-state index contributed by atoms with van der Waals surface area (Å²) < 4.78 is 77.3. The number of rotatable bonds is 4. The van der Waals surface area contributed by atoms with Gasteiger partial charge in [0.25, 0.3) is 0 Å². The summed E-state index contributed by atoms with van der Waals surface area (Å²) in [6.07, 6.45) is 13.2. The van der Waals surface area contributed by atoms with Crippen LogP contribution in [0.2, 0.25) is 0 Å². The molecule has 58 heavy (non-hydrogen) atoms. The zero-order valence-electron chi connectivity index (χ0n) is 31.7. The van der Waals surface area contributed by atoms with E-state index in [1.165, 1.54) is 12.4 Å². The Hall–Kier alpha value is -4.92. The Morgan fingerprint density at radius 2 is 0.914 bits per heavy atom. The Labute approximate surface area is 334 Å². The van der Waals surface area contributed by atoms with E-state index >= 15 is 0 Å². The predicted octanol–water partition coefficient (Wildman–Crippen LogP) is 5.43. The second-order valence-corrected chi connectivity index (χ2v) is 18.8. The van der Waals surface area contributed by atoms with Gasteiger partial charge in [0.05, 0.1) is 25.6 Å². The molecule has 2 unspecified atom stereocenters. The molecule has 0 fully saturated rings. The maximum Gasteiger partial charge on any atom is 0.354 e. The maximum atomic E-state index is 14.8. The highest BCUT2D eigenvalue weighted by molar-refractivity contribution is 7.92. The van der Waals surface area contributed by atoms with Crippen molar-refractivity contribution in [1.29, 1.82) is 0 Å². The standard InChI is InChI=1S/2C19H22FN5O3S/c2*20-16-11-4-1-6-13(11)17(14-7-2-5-12(14)16)23-19(26)24-29(21,27)15-10-22-25-8-3-9-28-18(15)25/h2*10H,1-9H2,(H3,21,23,24,26,27). The summed E-state index contributed by atoms with van der Waals surface area (Å²) in [6.45, 7) is 2.19. The molecular formula is C38H44F2N10O6S2. The van der Waals surface area contributed by atoms with Gasteiger partial charge in [-0.25, -0.2) is 46.4 Å². The molecule has 6 aliphatic rings. The number of amides is 4. The zero-order valence-corrected chi connectivity index (χ0v) is 33.4. The third-order valence-corrected chi connectivity index (χ3v) is 14.4. The number of hydrogen-bond acceptors (Lipinski definition) is 8. The van der Waals surface area contributed by atoms with Crippen molar-refractivity contribution in [1.82, 2.24) is 19.6 Å². The minimum atomic E-state index is -3.53. The van der Waals surface area contributed by atoms with E-state index < -0.39 is 31.9 Å². The Morgan fingerprint density at radius 1 is 0.586 bits per heavy atom. The van der Waals surface area contributed by atoms with E-state index in [0.29, 0.717) is 123 Å². The molecule has 16 nitrogen and oxygen atoms in total. The SMILES string of the molecule is NS(=O)(=NC(=O)Nc1c2c(c(F)c3c1CCC3)CCC2)c1cnn2c1OCCC2.NS(=O)(=NC(=O)Nc1c2c(c(F)c3c1CCC3)CCC2)c1cnn2c1OCCC2. The quantitative estimate of drug-likeness (QED) is 0.207. The van der Waals surface area contributed by atoms with Crippen LogP contribution < -0.4 is 30.4 Å². The lowest BCUT2D eigenvalue weighted by Gasteiger charge is -2.17. The van der Waals surface area contributed by atoms with Gasteiger partial charge >= 0.3 is 12.1 Å². The van der Waals surface area contributed by atoms with Crippen LogP contribution in [0, 0.1) is 11.6 Å². The third-order valence-electron chi connectivity index (χ3n) is 11.7. The molecule has 4 heterocycles. The fourth-order valence-corrected chi connectivity index (χ4v) is 11.2. The third kappa shape index (κ3) is 6.82. The van der Waals surface area contributed by atoms with E-state index in [4.69, 9.17) is 19.8 Å². The first kappa shape index (κ1) is 38.6. The number of nitrogens with one attached hydrogen (secondary N) is 2. The van der Waals surface area contributed by atoms with Crippen LogP contribution in [0.5, 0.6) is 11.8 Å². The van der Waals surface area contributed by atoms with Crippen LogP contribution in [0.4, 0.5) is 29.7 Å². The highest BCUT2D eigenvalue weighted by Crippen LogP contribution is 2.42. The molecule has 2 atom stereocenters. The van der Waals surface area contributed by atoms with Crippen LogP contribution in [-0.4, -0.2) is 53.3 Å². The minimum absolute atomic E-state index is 0.113. The average molecular weight is 839 g/mol. The summed E-state index contributed by atoms with van der Waals surface area (Å²) in [5.74, 6) is 0.352. The summed E-state index contributed by atoms with van der Waals surface area (Å²) in [5.41, 5.74) is 7.35. The number of aryl methyl sites for hydroxylation is 2. The summed E-state index contributed by atoms with van der Waals surface area (Å²) >= 11 is 0. The van der Waals surface area contributed by atoms with Gasteiger partial charge in [0, 0.05) is 37.3 Å². The van der Waals surface area contributed by atoms with Gasteiger partial charge in [-0.2, -0.15) is 10.2 Å². The van der Waals surface area contributed by atoms with Gasteiger partial charge in [-0.3, -0.25) is 0 Å². The first-order valence-corrected chi connectivity index (χ1v) is 22.9. The molecule has 4 aromatic rings. The van der Waals surface area contributed by atoms with Gasteiger partial charge in [-0.05, 0) is 122 Å². The molecule has 4 aliphatic carbocycles. The van der Waals surface area contributed by atoms with Gasteiger partial charge in [0.15, 0.2) is 19.8 Å². The van der Waals surface area contributed by atoms with Crippen molar-refractivity contribution in [3.63, 3.8) is 0 Å². The molecule has 2 aliphatic heterocycles. The average Bonchev–Trinajstić information content (AvgIpc) is 4.05. The van der Waals surface area contributed by atoms with Crippen molar-refractivity contribution >= 4 is 43.3 Å². The summed E-state index contributed by atoms with van der Waals surface area (Å²) in [6, 6.07) is -1.61. The van der Waals surface area contributed by atoms with Gasteiger partial charge in [0.2, 0.25) is 11.8 Å². The molecule has 2 aromatic heterocycles. The van der Waals surface area contributed by atoms with Crippen molar-refractivity contribution in [3.05, 3.63) is 68.5 Å². The van der Waals surface area contributed by atoms with Crippen LogP contribution in [0.25, 0.3) is 0 Å². The Kier molecular flexibility index (Phi) is 10.0. The molecule has 0 saturated heterocycles. The van der Waals surface area contributed by atoms with Crippen molar-refractivity contribution in [2.75, 3.05) is 23.8 Å². The van der Waals surface area contributed by atoms with Crippen LogP contribution >= 0.6 is 0 Å². The van der Waals surface area contributed by atoms with Gasteiger partial charge in [0.1, 0.15) is 21.4 Å². The Morgan fingerprint density at radius 3 is 1.26 bits per heavy atom. The first-order chi connectivity index (χ1) is 27.9. The van der Waals surface area contributed by atoms with Crippen LogP contribution in [-0.2, 0) is 84.3 Å². The molecular weight excluding hydrogens is 795 g/mol. The number of benzene rings is 2. The lowest BCUT2D eigenvalue weighted by molar-refractivity contribution is 0.224. The van der Waals surface area contributed by atoms with Crippen LogP contribution in [0.3, 0.4) is 0 Å². The molecule has 6 N–H and O–H groups in total. The van der Waals surface area contributed by atoms with Crippen molar-refractivity contribution < 1.29 is 36.3 Å². The maximum absolute atomic E-state index is 14.8. The molecule has 20 heteroatoms. The number of fused-ring (bicyclic) bond motifs is 6. The largest absolute Gasteiger partial charge is 0.477 e. The number of carbonyl (C=O) groups is 2. The molecule has 0 saturated carbocycles. The van der Waals surface area contributed by atoms with Crippen LogP contribution in [0.15, 0.2) is 30.9 Å². The lowest BCUT2D eigenvalue weighted by Crippen LogP contribution is -2.21. The second kappa shape index (κ2) is 15.0. The van der Waals surface area contributed by atoms with Gasteiger partial charge in [-0.15, -0.1) is 8.73 Å². The predicted molar refractivity (Wildman–Crippen MR) is 210 cm³/mol. The molecule has 308 valence electrons. The molecule has 4 amide bonds. The summed E-state index contributed by atoms with van der Waals surface area (Å²) in [4.78, 5) is 25.6. The number of aromatic nitrogens is 4. The van der Waals surface area contributed by atoms with E-state index in [1.807, 2.05) is 0 Å². The highest BCUT2D eigenvalue weighted by atomic mass is 32.2. The number of nitrogens with two attached hydrogens (primary N) is 2. The van der Waals surface area contributed by atoms with E-state index in [9.17, 15) is 26.8 Å². The van der Waals surface area contributed by atoms with E-state index in [2.05, 4.69) is 29.6 Å². The number of ether oxygens (including phenoxy) is 2. The van der Waals surface area contributed by atoms with E-state index in [0.717, 1.165) is 60.8 Å². The number of anilines is 2. The van der Waals surface area contributed by atoms with Crippen molar-refractivity contribution in [3.8, 4) is 11.8 Å². The number of halogens is 2. The topological polar surface area (TPSA) is 223 Å². The Balaban J connectivity index is 0.000000150. The molecule has 0 bridgehead atoms. The summed E-state index contributed by atoms with van der Waals surface area (Å²) in [7, 11) is -7.07. The minimum Gasteiger partial charge on any atom is -0.477 e. The fourth-order valence-electron chi connectivity index (χ4n) is 9.17. The highest BCUT2D eigenvalue weighted by Gasteiger charge is 2.32. The number of nitrogens with zero attached hydrogens (tertiary/aromatic N) is 6. The van der Waals surface area contributed by atoms with Crippen molar-refractivity contribution in [2.24, 2.45) is 19.0 Å². The van der Waals surface area contributed by atoms with E-state index in [-0.39, 0.29) is 21.4 Å². The number of urea groups is 2. The lowest BCUT2D eigenvalue weighted by atomic mass is 9.98. The van der Waals surface area contributed by atoms with E-state index in [1.54, 1.807) is 9.36 Å². The Bertz CT molecular complexity index is 2410. The second-order valence-electron chi connectivity index (χ2n) is 15.3. The van der Waals surface area contributed by atoms with Crippen molar-refractivity contribution in [2.45, 2.75) is 113 Å². The number of hydrogen-bond donors (Lipinski definition) is 4. The monoisotopic (exact) mass is 838 g/mol. The first-order valence-electron chi connectivity index (χ1n) is 19.7. The zero-order chi connectivity index (χ0) is 40.3. The molecule has 2 aromatic carbocycles. The fraction of sp³-hybridized carbons (Fsp3) is 0.474. The van der Waals surface area contributed by atoms with Gasteiger partial charge < -0.3 is 20.1 Å². The van der Waals surface area contributed by atoms with Gasteiger partial charge in [-0.1, -0.05) is 0 Å². The normalized spacial score (nSPS) is 19.0. The molecule has 10 rings (SSSR count). The number of carbonyl (C=O) groups excluding carboxylic acids is 2. The molecule has 0 spiro atoms. The molecule has 0 radical (unpaired) electrons. The smallest absolute Gasteiger partial charge is 0.354 e.